The molecular weight excluding hydrogens is 667 g/mol. The van der Waals surface area contributed by atoms with Crippen molar-refractivity contribution in [3.8, 4) is 17.2 Å². The van der Waals surface area contributed by atoms with Gasteiger partial charge in [-0.05, 0) is 49.7 Å². The van der Waals surface area contributed by atoms with Crippen LogP contribution in [0.1, 0.15) is 23.1 Å². The van der Waals surface area contributed by atoms with E-state index in [1.165, 1.54) is 56.3 Å². The number of aromatic hydroxyl groups is 1. The first-order valence-electron chi connectivity index (χ1n) is 14.2. The van der Waals surface area contributed by atoms with Crippen LogP contribution in [0, 0.1) is 6.92 Å². The van der Waals surface area contributed by atoms with E-state index in [1.54, 1.807) is 25.1 Å². The number of methoxy groups -OCH3 is 1. The second-order valence-electron chi connectivity index (χ2n) is 11.3. The third kappa shape index (κ3) is 5.64. The van der Waals surface area contributed by atoms with E-state index in [0.29, 0.717) is 15.6 Å². The third-order valence-corrected chi connectivity index (χ3v) is 10.2. The lowest BCUT2D eigenvalue weighted by Gasteiger charge is -2.41. The van der Waals surface area contributed by atoms with Gasteiger partial charge in [-0.1, -0.05) is 23.7 Å². The number of sulfonamides is 1. The number of likely N-dealkylation sites (N-methyl/N-ethyl adjacent to an activating group) is 1. The fourth-order valence-electron chi connectivity index (χ4n) is 6.37. The molecule has 1 fully saturated rings. The average molecular weight is 699 g/mol. The van der Waals surface area contributed by atoms with Gasteiger partial charge in [0.05, 0.1) is 30.5 Å². The number of fused-ring (bicyclic) bond motifs is 1. The number of anilines is 1. The Bertz CT molecular complexity index is 1860. The minimum absolute atomic E-state index is 0.0199. The number of nitrogens with zero attached hydrogens (tertiary/aromatic N) is 3. The first-order chi connectivity index (χ1) is 22.0. The van der Waals surface area contributed by atoms with Gasteiger partial charge in [0, 0.05) is 42.9 Å². The molecule has 2 aliphatic rings. The number of ether oxygens (including phenoxy) is 3. The maximum atomic E-state index is 15.3. The Kier molecular flexibility index (Phi) is 8.90. The van der Waals surface area contributed by atoms with Gasteiger partial charge in [0.25, 0.3) is 21.7 Å². The lowest BCUT2D eigenvalue weighted by molar-refractivity contribution is -0.275. The second kappa shape index (κ2) is 12.2. The summed E-state index contributed by atoms with van der Waals surface area (Å²) < 4.78 is 83.7. The SMILES string of the molecule is COc1ccc(S(=O)(=O)N2C(=O)C(c3cccc(C)c3[OH+]C)(N3C[C@H](O)C[C@H]3C(=O)N(C)C)c3cc(Cl)ccc32)c(OC(F)(F)F)c1. The largest absolute Gasteiger partial charge is 0.584 e. The number of likely N-dealkylation sites (tertiary alicyclic amines) is 1. The van der Waals surface area contributed by atoms with Crippen molar-refractivity contribution in [1.82, 2.24) is 9.80 Å². The lowest BCUT2D eigenvalue weighted by Crippen LogP contribution is -2.59. The molecule has 0 bridgehead atoms. The monoisotopic (exact) mass is 698 g/mol. The zero-order chi connectivity index (χ0) is 34.6. The van der Waals surface area contributed by atoms with Crippen molar-refractivity contribution in [2.45, 2.75) is 42.3 Å². The molecule has 0 aromatic heterocycles. The molecule has 47 heavy (non-hydrogen) atoms. The average Bonchev–Trinajstić information content (AvgIpc) is 3.50. The standard InChI is InChI=1S/C31H31ClF3N3O8S/c1-17-7-6-8-21(27(17)45-5)30(37-16-19(39)14-24(37)28(40)36(2)3)22-13-18(32)9-11-23(22)38(29(30)41)47(42,43)26-12-10-20(44-4)15-25(26)46-31(33,34)35/h6-13,15,19,24,39H,14,16H2,1-5H3/p+1/t19-,24+,30?/m1/s1. The Hall–Kier alpha value is -4.05. The smallest absolute Gasteiger partial charge is 0.573 e. The minimum atomic E-state index is -5.30. The first-order valence-corrected chi connectivity index (χ1v) is 16.0. The van der Waals surface area contributed by atoms with Crippen molar-refractivity contribution < 1.29 is 50.5 Å². The van der Waals surface area contributed by atoms with Crippen molar-refractivity contribution in [1.29, 1.82) is 0 Å². The highest BCUT2D eigenvalue weighted by Gasteiger charge is 2.65. The number of halogens is 4. The van der Waals surface area contributed by atoms with Crippen LogP contribution in [0.5, 0.6) is 17.2 Å². The summed E-state index contributed by atoms with van der Waals surface area (Å²) in [5, 5.41) is 11.1. The Morgan fingerprint density at radius 1 is 1.13 bits per heavy atom. The van der Waals surface area contributed by atoms with Crippen LogP contribution in [-0.4, -0.2) is 93.2 Å². The van der Waals surface area contributed by atoms with E-state index in [1.807, 2.05) is 0 Å². The van der Waals surface area contributed by atoms with Gasteiger partial charge >= 0.3 is 6.36 Å². The number of carbonyl (C=O) groups excluding carboxylic acids is 2. The Balaban J connectivity index is 1.87. The zero-order valence-corrected chi connectivity index (χ0v) is 27.4. The van der Waals surface area contributed by atoms with Gasteiger partial charge in [-0.25, -0.2) is 12.7 Å². The third-order valence-electron chi connectivity index (χ3n) is 8.24. The summed E-state index contributed by atoms with van der Waals surface area (Å²) in [5.41, 5.74) is -1.58. The van der Waals surface area contributed by atoms with Gasteiger partial charge in [-0.3, -0.25) is 14.5 Å². The molecule has 1 saturated heterocycles. The maximum Gasteiger partial charge on any atom is 0.573 e. The van der Waals surface area contributed by atoms with Crippen LogP contribution >= 0.6 is 11.6 Å². The second-order valence-corrected chi connectivity index (χ2v) is 13.5. The van der Waals surface area contributed by atoms with Gasteiger partial charge in [0.2, 0.25) is 5.91 Å². The molecule has 252 valence electrons. The highest BCUT2D eigenvalue weighted by Crippen LogP contribution is 2.56. The molecule has 11 nitrogen and oxygen atoms in total. The van der Waals surface area contributed by atoms with Gasteiger partial charge in [0.15, 0.2) is 18.4 Å². The summed E-state index contributed by atoms with van der Waals surface area (Å²) in [7, 11) is 0.451. The predicted molar refractivity (Wildman–Crippen MR) is 165 cm³/mol. The van der Waals surface area contributed by atoms with Crippen LogP contribution in [0.15, 0.2) is 59.5 Å². The van der Waals surface area contributed by atoms with E-state index in [4.69, 9.17) is 16.3 Å². The molecule has 0 saturated carbocycles. The normalized spacial score (nSPS) is 21.5. The number of carbonyl (C=O) groups is 2. The summed E-state index contributed by atoms with van der Waals surface area (Å²) in [5.74, 6) is -2.59. The van der Waals surface area contributed by atoms with Gasteiger partial charge < -0.3 is 24.2 Å². The van der Waals surface area contributed by atoms with E-state index in [2.05, 4.69) is 9.47 Å². The van der Waals surface area contributed by atoms with E-state index >= 15 is 4.79 Å². The van der Waals surface area contributed by atoms with Gasteiger partial charge in [-0.2, -0.15) is 0 Å². The Labute approximate surface area is 274 Å². The molecule has 0 aliphatic carbocycles. The summed E-state index contributed by atoms with van der Waals surface area (Å²) >= 11 is 6.48. The van der Waals surface area contributed by atoms with Crippen LogP contribution in [-0.2, 0) is 25.2 Å². The summed E-state index contributed by atoms with van der Waals surface area (Å²) in [6, 6.07) is 10.4. The number of aliphatic hydroxyl groups is 2. The van der Waals surface area contributed by atoms with Crippen molar-refractivity contribution in [2.24, 2.45) is 0 Å². The molecule has 2 heterocycles. The molecular formula is C31H32ClF3N3O8S+. The van der Waals surface area contributed by atoms with E-state index in [9.17, 15) is 31.5 Å². The number of benzene rings is 3. The molecule has 3 aromatic rings. The van der Waals surface area contributed by atoms with Crippen molar-refractivity contribution >= 4 is 39.1 Å². The van der Waals surface area contributed by atoms with Crippen molar-refractivity contribution in [3.05, 3.63) is 76.3 Å². The van der Waals surface area contributed by atoms with Crippen LogP contribution in [0.3, 0.4) is 0 Å². The fourth-order valence-corrected chi connectivity index (χ4v) is 8.11. The lowest BCUT2D eigenvalue weighted by atomic mass is 9.80. The molecule has 2 N–H and O–H groups in total. The molecule has 0 radical (unpaired) electrons. The number of aliphatic hydroxyl groups excluding tert-OH is 1. The number of para-hydroxylation sites is 1. The van der Waals surface area contributed by atoms with E-state index in [0.717, 1.165) is 18.2 Å². The quantitative estimate of drug-likeness (QED) is 0.351. The number of hydrogen-bond donors (Lipinski definition) is 1. The zero-order valence-electron chi connectivity index (χ0n) is 25.9. The Morgan fingerprint density at radius 3 is 2.45 bits per heavy atom. The number of β-amino-alcohol motifs (C(OH)–C–C–N with tert-alkyl or cyclic N) is 1. The molecule has 0 spiro atoms. The maximum absolute atomic E-state index is 15.3. The fraction of sp³-hybridized carbons (Fsp3) is 0.355. The molecule has 2 aliphatic heterocycles. The van der Waals surface area contributed by atoms with Crippen molar-refractivity contribution in [3.63, 3.8) is 0 Å². The van der Waals surface area contributed by atoms with Crippen molar-refractivity contribution in [2.75, 3.05) is 39.2 Å². The number of aryl methyl sites for hydroxylation is 1. The number of rotatable bonds is 8. The summed E-state index contributed by atoms with van der Waals surface area (Å²) in [6.45, 7) is 1.48. The summed E-state index contributed by atoms with van der Waals surface area (Å²) in [4.78, 5) is 30.6. The highest BCUT2D eigenvalue weighted by molar-refractivity contribution is 7.93. The van der Waals surface area contributed by atoms with E-state index in [-0.39, 0.29) is 40.6 Å². The predicted octanol–water partition coefficient (Wildman–Crippen LogP) is 3.93. The Morgan fingerprint density at radius 2 is 1.83 bits per heavy atom. The van der Waals surface area contributed by atoms with Gasteiger partial charge in [-0.15, -0.1) is 13.2 Å². The molecule has 16 heteroatoms. The van der Waals surface area contributed by atoms with Crippen LogP contribution in [0.2, 0.25) is 5.02 Å². The highest BCUT2D eigenvalue weighted by atomic mass is 35.5. The molecule has 3 atom stereocenters. The molecule has 1 unspecified atom stereocenters. The number of amides is 2. The number of alkyl halides is 3. The van der Waals surface area contributed by atoms with E-state index < -0.39 is 56.5 Å². The van der Waals surface area contributed by atoms with Crippen LogP contribution < -0.4 is 13.8 Å². The van der Waals surface area contributed by atoms with Crippen LogP contribution in [0.25, 0.3) is 0 Å². The summed E-state index contributed by atoms with van der Waals surface area (Å²) in [6.07, 6.45) is -6.51. The molecule has 5 rings (SSSR count). The minimum Gasteiger partial charge on any atom is -0.584 e. The first kappa shape index (κ1) is 34.3. The topological polar surface area (TPSA) is 129 Å². The molecule has 2 amide bonds. The van der Waals surface area contributed by atoms with Crippen LogP contribution in [0.4, 0.5) is 18.9 Å². The number of hydrogen-bond acceptors (Lipinski definition) is 8. The van der Waals surface area contributed by atoms with Gasteiger partial charge in [0.1, 0.15) is 10.6 Å². The molecule has 3 aromatic carbocycles.